The first-order valence-corrected chi connectivity index (χ1v) is 6.33. The van der Waals surface area contributed by atoms with Crippen molar-refractivity contribution >= 4 is 29.1 Å². The number of rotatable bonds is 3. The summed E-state index contributed by atoms with van der Waals surface area (Å²) in [4.78, 5) is 15.8. The average molecular weight is 278 g/mol. The number of aromatic amines is 1. The van der Waals surface area contributed by atoms with E-state index in [2.05, 4.69) is 25.8 Å². The van der Waals surface area contributed by atoms with Gasteiger partial charge in [0.1, 0.15) is 5.82 Å². The molecule has 2 amide bonds. The topological polar surface area (TPSA) is 82.7 Å². The van der Waals surface area contributed by atoms with Crippen molar-refractivity contribution in [2.24, 2.45) is 0 Å². The minimum Gasteiger partial charge on any atom is -0.305 e. The Morgan fingerprint density at radius 1 is 1.32 bits per heavy atom. The number of carbonyl (C=O) groups is 1. The quantitative estimate of drug-likeness (QED) is 0.806. The lowest BCUT2D eigenvalue weighted by molar-refractivity contribution is 0.262. The lowest BCUT2D eigenvalue weighted by atomic mass is 10.2. The zero-order chi connectivity index (χ0) is 13.2. The van der Waals surface area contributed by atoms with Gasteiger partial charge in [-0.05, 0) is 25.0 Å². The van der Waals surface area contributed by atoms with Gasteiger partial charge in [-0.1, -0.05) is 11.6 Å². The number of urea groups is 1. The van der Waals surface area contributed by atoms with Crippen LogP contribution in [0.4, 0.5) is 16.3 Å². The maximum absolute atomic E-state index is 11.8. The third-order valence-corrected chi connectivity index (χ3v) is 3.10. The molecule has 1 aliphatic carbocycles. The third kappa shape index (κ3) is 2.85. The van der Waals surface area contributed by atoms with E-state index in [1.807, 2.05) is 0 Å². The average Bonchev–Trinajstić information content (AvgIpc) is 3.13. The zero-order valence-electron chi connectivity index (χ0n) is 9.98. The highest BCUT2D eigenvalue weighted by atomic mass is 35.5. The number of halogens is 1. The Bertz CT molecular complexity index is 590. The van der Waals surface area contributed by atoms with E-state index in [1.54, 1.807) is 18.3 Å². The van der Waals surface area contributed by atoms with Gasteiger partial charge in [-0.3, -0.25) is 10.4 Å². The molecule has 6 nitrogen and oxygen atoms in total. The third-order valence-electron chi connectivity index (χ3n) is 2.87. The molecule has 0 saturated heterocycles. The van der Waals surface area contributed by atoms with Crippen molar-refractivity contribution in [3.8, 4) is 0 Å². The fraction of sp³-hybridized carbons (Fsp3) is 0.250. The Kier molecular flexibility index (Phi) is 3.08. The van der Waals surface area contributed by atoms with E-state index in [-0.39, 0.29) is 6.03 Å². The van der Waals surface area contributed by atoms with Crippen molar-refractivity contribution in [2.45, 2.75) is 18.8 Å². The van der Waals surface area contributed by atoms with Crippen LogP contribution in [0.2, 0.25) is 5.02 Å². The van der Waals surface area contributed by atoms with Gasteiger partial charge in [0.2, 0.25) is 0 Å². The van der Waals surface area contributed by atoms with Crippen LogP contribution in [0, 0.1) is 0 Å². The molecule has 0 radical (unpaired) electrons. The van der Waals surface area contributed by atoms with Crippen LogP contribution in [0.15, 0.2) is 24.5 Å². The van der Waals surface area contributed by atoms with E-state index in [9.17, 15) is 4.79 Å². The molecule has 7 heteroatoms. The molecular weight excluding hydrogens is 266 g/mol. The molecule has 2 aromatic rings. The minimum absolute atomic E-state index is 0.349. The number of pyridine rings is 1. The number of carbonyl (C=O) groups excluding carboxylic acids is 1. The van der Waals surface area contributed by atoms with E-state index in [0.29, 0.717) is 22.4 Å². The largest absolute Gasteiger partial charge is 0.324 e. The second kappa shape index (κ2) is 4.89. The minimum atomic E-state index is -0.349. The normalized spacial score (nSPS) is 14.2. The molecule has 2 aromatic heterocycles. The second-order valence-corrected chi connectivity index (χ2v) is 4.85. The monoisotopic (exact) mass is 277 g/mol. The Labute approximate surface area is 114 Å². The highest BCUT2D eigenvalue weighted by Crippen LogP contribution is 2.42. The molecule has 0 aromatic carbocycles. The second-order valence-electron chi connectivity index (χ2n) is 4.41. The molecule has 0 spiro atoms. The standard InChI is InChI=1S/C12H12ClN5O/c13-8-3-4-10(14-5-8)17-12(19)16-9-6-15-18-11(9)7-1-2-7/h3-7H,1-2H2,(H,15,18)(H2,14,16,17,19). The molecule has 0 aliphatic heterocycles. The predicted octanol–water partition coefficient (Wildman–Crippen LogP) is 2.98. The summed E-state index contributed by atoms with van der Waals surface area (Å²) in [6, 6.07) is 2.95. The van der Waals surface area contributed by atoms with Gasteiger partial charge in [0.25, 0.3) is 0 Å². The molecule has 0 atom stereocenters. The van der Waals surface area contributed by atoms with Gasteiger partial charge in [0, 0.05) is 12.1 Å². The van der Waals surface area contributed by atoms with Gasteiger partial charge < -0.3 is 5.32 Å². The summed E-state index contributed by atoms with van der Waals surface area (Å²) >= 11 is 5.72. The predicted molar refractivity (Wildman–Crippen MR) is 72.5 cm³/mol. The summed E-state index contributed by atoms with van der Waals surface area (Å²) in [6.07, 6.45) is 5.36. The Hall–Kier alpha value is -2.08. The zero-order valence-corrected chi connectivity index (χ0v) is 10.7. The molecule has 0 bridgehead atoms. The van der Waals surface area contributed by atoms with E-state index < -0.39 is 0 Å². The molecule has 3 rings (SSSR count). The van der Waals surface area contributed by atoms with Crippen LogP contribution >= 0.6 is 11.6 Å². The lowest BCUT2D eigenvalue weighted by Crippen LogP contribution is -2.20. The number of nitrogens with one attached hydrogen (secondary N) is 3. The van der Waals surface area contributed by atoms with Gasteiger partial charge in [-0.15, -0.1) is 0 Å². The van der Waals surface area contributed by atoms with Gasteiger partial charge in [0.05, 0.1) is 22.6 Å². The smallest absolute Gasteiger partial charge is 0.305 e. The fourth-order valence-electron chi connectivity index (χ4n) is 1.80. The molecular formula is C12H12ClN5O. The Balaban J connectivity index is 1.64. The maximum atomic E-state index is 11.8. The summed E-state index contributed by atoms with van der Waals surface area (Å²) in [5.41, 5.74) is 1.70. The van der Waals surface area contributed by atoms with E-state index in [0.717, 1.165) is 18.5 Å². The first-order chi connectivity index (χ1) is 9.22. The van der Waals surface area contributed by atoms with E-state index in [1.165, 1.54) is 6.20 Å². The highest BCUT2D eigenvalue weighted by molar-refractivity contribution is 6.30. The number of hydrogen-bond acceptors (Lipinski definition) is 3. The first kappa shape index (κ1) is 12.0. The number of amides is 2. The molecule has 0 unspecified atom stereocenters. The number of H-pyrrole nitrogens is 1. The molecule has 2 heterocycles. The van der Waals surface area contributed by atoms with Gasteiger partial charge in [-0.25, -0.2) is 9.78 Å². The van der Waals surface area contributed by atoms with Gasteiger partial charge >= 0.3 is 6.03 Å². The van der Waals surface area contributed by atoms with Crippen LogP contribution < -0.4 is 10.6 Å². The van der Waals surface area contributed by atoms with Crippen molar-refractivity contribution in [3.05, 3.63) is 35.2 Å². The number of anilines is 2. The Morgan fingerprint density at radius 3 is 2.84 bits per heavy atom. The van der Waals surface area contributed by atoms with Crippen LogP contribution in [-0.4, -0.2) is 21.2 Å². The molecule has 98 valence electrons. The van der Waals surface area contributed by atoms with Crippen LogP contribution in [0.5, 0.6) is 0 Å². The van der Waals surface area contributed by atoms with Crippen molar-refractivity contribution in [3.63, 3.8) is 0 Å². The molecule has 19 heavy (non-hydrogen) atoms. The summed E-state index contributed by atoms with van der Waals surface area (Å²) in [5, 5.41) is 12.8. The summed E-state index contributed by atoms with van der Waals surface area (Å²) < 4.78 is 0. The number of nitrogens with zero attached hydrogens (tertiary/aromatic N) is 2. The molecule has 3 N–H and O–H groups in total. The Morgan fingerprint density at radius 2 is 2.16 bits per heavy atom. The summed E-state index contributed by atoms with van der Waals surface area (Å²) in [7, 11) is 0. The van der Waals surface area contributed by atoms with Gasteiger partial charge in [-0.2, -0.15) is 5.10 Å². The van der Waals surface area contributed by atoms with Crippen molar-refractivity contribution in [1.82, 2.24) is 15.2 Å². The van der Waals surface area contributed by atoms with E-state index >= 15 is 0 Å². The maximum Gasteiger partial charge on any atom is 0.324 e. The van der Waals surface area contributed by atoms with Gasteiger partial charge in [0.15, 0.2) is 0 Å². The molecule has 1 fully saturated rings. The molecule has 1 saturated carbocycles. The van der Waals surface area contributed by atoms with Crippen molar-refractivity contribution in [1.29, 1.82) is 0 Å². The summed E-state index contributed by atoms with van der Waals surface area (Å²) in [6.45, 7) is 0. The number of aromatic nitrogens is 3. The fourth-order valence-corrected chi connectivity index (χ4v) is 1.91. The van der Waals surface area contributed by atoms with E-state index in [4.69, 9.17) is 11.6 Å². The molecule has 1 aliphatic rings. The highest BCUT2D eigenvalue weighted by Gasteiger charge is 2.28. The lowest BCUT2D eigenvalue weighted by Gasteiger charge is -2.06. The SMILES string of the molecule is O=C(Nc1ccc(Cl)cn1)Nc1cn[nH]c1C1CC1. The summed E-state index contributed by atoms with van der Waals surface area (Å²) in [5.74, 6) is 0.935. The van der Waals surface area contributed by atoms with Crippen LogP contribution in [0.3, 0.4) is 0 Å². The van der Waals surface area contributed by atoms with Crippen LogP contribution in [0.1, 0.15) is 24.5 Å². The van der Waals surface area contributed by atoms with Crippen LogP contribution in [0.25, 0.3) is 0 Å². The van der Waals surface area contributed by atoms with Crippen LogP contribution in [-0.2, 0) is 0 Å². The van der Waals surface area contributed by atoms with Crippen molar-refractivity contribution in [2.75, 3.05) is 10.6 Å². The van der Waals surface area contributed by atoms with Crippen molar-refractivity contribution < 1.29 is 4.79 Å². The first-order valence-electron chi connectivity index (χ1n) is 5.95. The number of hydrogen-bond donors (Lipinski definition) is 3.